The fourth-order valence-corrected chi connectivity index (χ4v) is 6.26. The number of nitrogens with zero attached hydrogens (tertiary/aromatic N) is 3. The van der Waals surface area contributed by atoms with Crippen LogP contribution in [0.1, 0.15) is 53.0 Å². The molecule has 0 bridgehead atoms. The van der Waals surface area contributed by atoms with E-state index in [1.807, 2.05) is 47.2 Å². The predicted octanol–water partition coefficient (Wildman–Crippen LogP) is 5.31. The van der Waals surface area contributed by atoms with Crippen LogP contribution < -0.4 is 0 Å². The Morgan fingerprint density at radius 2 is 2.03 bits per heavy atom. The molecule has 182 valence electrons. The smallest absolute Gasteiger partial charge is 0.340 e. The van der Waals surface area contributed by atoms with Gasteiger partial charge in [0.15, 0.2) is 0 Å². The van der Waals surface area contributed by atoms with Crippen LogP contribution in [0.2, 0.25) is 0 Å². The van der Waals surface area contributed by atoms with E-state index in [4.69, 9.17) is 4.74 Å². The zero-order chi connectivity index (χ0) is 24.5. The lowest BCUT2D eigenvalue weighted by Crippen LogP contribution is -2.13. The maximum absolute atomic E-state index is 13.4. The standard InChI is InChI=1S/C26H26BrN3O4S/c1-2-34-26(32)24-22(15-35(33)14-17-6-4-3-5-7-17)30(18-8-9-18)21-12-20(27)25(31)19(23(21)24)13-29-11-10-28-16-29/h3-7,10-12,16,18,31H,2,8-9,13-15H2,1H3. The fraction of sp³-hybridized carbons (Fsp3) is 0.308. The topological polar surface area (TPSA) is 86.4 Å². The maximum atomic E-state index is 13.4. The van der Waals surface area contributed by atoms with Crippen LogP contribution in [0.25, 0.3) is 10.9 Å². The average Bonchev–Trinajstić information content (AvgIpc) is 3.44. The molecule has 9 heteroatoms. The van der Waals surface area contributed by atoms with E-state index in [0.29, 0.717) is 39.0 Å². The molecular weight excluding hydrogens is 530 g/mol. The Morgan fingerprint density at radius 3 is 2.69 bits per heavy atom. The largest absolute Gasteiger partial charge is 0.506 e. The third-order valence-electron chi connectivity index (χ3n) is 6.18. The summed E-state index contributed by atoms with van der Waals surface area (Å²) in [5.74, 6) is 0.224. The first-order valence-corrected chi connectivity index (χ1v) is 13.8. The molecule has 0 saturated heterocycles. The molecule has 0 aliphatic heterocycles. The number of imidazole rings is 1. The van der Waals surface area contributed by atoms with Crippen LogP contribution in [0, 0.1) is 0 Å². The fourth-order valence-electron chi connectivity index (χ4n) is 4.55. The van der Waals surface area contributed by atoms with Gasteiger partial charge in [0.25, 0.3) is 0 Å². The number of aromatic nitrogens is 3. The molecule has 7 nitrogen and oxygen atoms in total. The van der Waals surface area contributed by atoms with Crippen LogP contribution in [0.4, 0.5) is 0 Å². The summed E-state index contributed by atoms with van der Waals surface area (Å²) in [5.41, 5.74) is 3.53. The summed E-state index contributed by atoms with van der Waals surface area (Å²) in [7, 11) is -1.25. The Balaban J connectivity index is 1.70. The number of rotatable bonds is 9. The van der Waals surface area contributed by atoms with Crippen molar-refractivity contribution in [3.8, 4) is 5.75 Å². The highest BCUT2D eigenvalue weighted by molar-refractivity contribution is 9.10. The SMILES string of the molecule is CCOC(=O)c1c(CS(=O)Cc2ccccc2)n(C2CC2)c2cc(Br)c(O)c(Cn3ccnc3)c12. The lowest BCUT2D eigenvalue weighted by Gasteiger charge is -2.12. The minimum atomic E-state index is -1.25. The quantitative estimate of drug-likeness (QED) is 0.282. The second kappa shape index (κ2) is 9.99. The number of hydrogen-bond donors (Lipinski definition) is 1. The molecule has 2 aromatic heterocycles. The molecule has 4 aromatic rings. The highest BCUT2D eigenvalue weighted by Gasteiger charge is 2.35. The molecule has 1 fully saturated rings. The first kappa shape index (κ1) is 23.8. The second-order valence-electron chi connectivity index (χ2n) is 8.67. The van der Waals surface area contributed by atoms with E-state index >= 15 is 0 Å². The molecule has 0 spiro atoms. The zero-order valence-corrected chi connectivity index (χ0v) is 21.7. The van der Waals surface area contributed by atoms with Crippen LogP contribution in [0.15, 0.2) is 59.6 Å². The second-order valence-corrected chi connectivity index (χ2v) is 11.0. The number of ether oxygens (including phenoxy) is 1. The Kier molecular flexibility index (Phi) is 6.80. The van der Waals surface area contributed by atoms with E-state index in [-0.39, 0.29) is 24.2 Å². The third kappa shape index (κ3) is 4.79. The van der Waals surface area contributed by atoms with Gasteiger partial charge in [-0.1, -0.05) is 30.3 Å². The van der Waals surface area contributed by atoms with Gasteiger partial charge in [0.05, 0.1) is 40.8 Å². The molecule has 0 radical (unpaired) electrons. The molecule has 2 aromatic carbocycles. The van der Waals surface area contributed by atoms with E-state index in [1.165, 1.54) is 0 Å². The van der Waals surface area contributed by atoms with Crippen molar-refractivity contribution in [3.05, 3.63) is 82.0 Å². The predicted molar refractivity (Wildman–Crippen MR) is 139 cm³/mol. The van der Waals surface area contributed by atoms with E-state index < -0.39 is 16.8 Å². The molecular formula is C26H26BrN3O4S. The summed E-state index contributed by atoms with van der Waals surface area (Å²) in [4.78, 5) is 17.5. The van der Waals surface area contributed by atoms with E-state index in [2.05, 4.69) is 25.5 Å². The van der Waals surface area contributed by atoms with Gasteiger partial charge in [-0.2, -0.15) is 0 Å². The van der Waals surface area contributed by atoms with Gasteiger partial charge in [-0.25, -0.2) is 9.78 Å². The van der Waals surface area contributed by atoms with Gasteiger partial charge in [-0.15, -0.1) is 0 Å². The van der Waals surface area contributed by atoms with Gasteiger partial charge >= 0.3 is 5.97 Å². The molecule has 2 heterocycles. The first-order chi connectivity index (χ1) is 17.0. The third-order valence-corrected chi connectivity index (χ3v) is 8.04. The summed E-state index contributed by atoms with van der Waals surface area (Å²) < 4.78 is 23.4. The van der Waals surface area contributed by atoms with E-state index in [0.717, 1.165) is 23.9 Å². The molecule has 5 rings (SSSR count). The first-order valence-electron chi connectivity index (χ1n) is 11.6. The molecule has 1 unspecified atom stereocenters. The van der Waals surface area contributed by atoms with Crippen LogP contribution in [0.3, 0.4) is 0 Å². The average molecular weight is 556 g/mol. The summed E-state index contributed by atoms with van der Waals surface area (Å²) >= 11 is 3.51. The van der Waals surface area contributed by atoms with Gasteiger partial charge in [0.2, 0.25) is 0 Å². The summed E-state index contributed by atoms with van der Waals surface area (Å²) in [5, 5.41) is 11.7. The Morgan fingerprint density at radius 1 is 1.26 bits per heavy atom. The van der Waals surface area contributed by atoms with Crippen molar-refractivity contribution in [2.24, 2.45) is 0 Å². The van der Waals surface area contributed by atoms with Crippen molar-refractivity contribution >= 4 is 43.6 Å². The van der Waals surface area contributed by atoms with Crippen LogP contribution in [-0.2, 0) is 33.6 Å². The molecule has 1 aliphatic carbocycles. The summed E-state index contributed by atoms with van der Waals surface area (Å²) in [6.07, 6.45) is 7.12. The van der Waals surface area contributed by atoms with Crippen LogP contribution in [0.5, 0.6) is 5.75 Å². The van der Waals surface area contributed by atoms with Gasteiger partial charge in [0.1, 0.15) is 5.75 Å². The van der Waals surface area contributed by atoms with E-state index in [9.17, 15) is 14.1 Å². The van der Waals surface area contributed by atoms with Gasteiger partial charge in [0, 0.05) is 51.6 Å². The van der Waals surface area contributed by atoms with E-state index in [1.54, 1.807) is 19.4 Å². The van der Waals surface area contributed by atoms with Crippen molar-refractivity contribution < 1.29 is 18.8 Å². The Bertz CT molecular complexity index is 1400. The van der Waals surface area contributed by atoms with Gasteiger partial charge in [-0.05, 0) is 47.3 Å². The molecule has 1 atom stereocenters. The highest BCUT2D eigenvalue weighted by atomic mass is 79.9. The normalized spacial score (nSPS) is 14.3. The summed E-state index contributed by atoms with van der Waals surface area (Å²) in [6, 6.07) is 11.8. The van der Waals surface area contributed by atoms with Gasteiger partial charge in [-0.3, -0.25) is 4.21 Å². The molecule has 1 saturated carbocycles. The number of carbonyl (C=O) groups excluding carboxylic acids is 1. The number of carbonyl (C=O) groups is 1. The number of phenols is 1. The number of esters is 1. The van der Waals surface area contributed by atoms with Crippen LogP contribution in [-0.4, -0.2) is 36.0 Å². The minimum absolute atomic E-state index is 0.0710. The minimum Gasteiger partial charge on any atom is -0.506 e. The Labute approximate surface area is 214 Å². The Hall–Kier alpha value is -2.91. The van der Waals surface area contributed by atoms with Crippen molar-refractivity contribution in [1.82, 2.24) is 14.1 Å². The maximum Gasteiger partial charge on any atom is 0.340 e. The summed E-state index contributed by atoms with van der Waals surface area (Å²) in [6.45, 7) is 2.32. The highest BCUT2D eigenvalue weighted by Crippen LogP contribution is 2.46. The molecule has 1 N–H and O–H groups in total. The number of hydrogen-bond acceptors (Lipinski definition) is 5. The molecule has 35 heavy (non-hydrogen) atoms. The number of aromatic hydroxyl groups is 1. The number of phenolic OH excluding ortho intramolecular Hbond substituents is 1. The van der Waals surface area contributed by atoms with Crippen LogP contribution >= 0.6 is 15.9 Å². The van der Waals surface area contributed by atoms with Gasteiger partial charge < -0.3 is 19.0 Å². The molecule has 0 amide bonds. The number of benzene rings is 2. The van der Waals surface area contributed by atoms with Crippen molar-refractivity contribution in [2.75, 3.05) is 6.61 Å². The lowest BCUT2D eigenvalue weighted by molar-refractivity contribution is 0.0527. The van der Waals surface area contributed by atoms with Crippen molar-refractivity contribution in [2.45, 2.75) is 43.9 Å². The number of fused-ring (bicyclic) bond motifs is 1. The molecule has 1 aliphatic rings. The zero-order valence-electron chi connectivity index (χ0n) is 19.3. The monoisotopic (exact) mass is 555 g/mol. The van der Waals surface area contributed by atoms with Crippen molar-refractivity contribution in [3.63, 3.8) is 0 Å². The van der Waals surface area contributed by atoms with Crippen molar-refractivity contribution in [1.29, 1.82) is 0 Å². The number of halogens is 1. The lowest BCUT2D eigenvalue weighted by atomic mass is 10.0.